The maximum atomic E-state index is 12.2. The van der Waals surface area contributed by atoms with Crippen LogP contribution in [0.5, 0.6) is 0 Å². The van der Waals surface area contributed by atoms with Crippen molar-refractivity contribution in [2.24, 2.45) is 0 Å². The number of ether oxygens (including phenoxy) is 1. The average Bonchev–Trinajstić information content (AvgIpc) is 2.37. The van der Waals surface area contributed by atoms with E-state index < -0.39 is 8.07 Å². The average molecular weight is 279 g/mol. The Bertz CT molecular complexity index is 396. The van der Waals surface area contributed by atoms with Gasteiger partial charge in [0.1, 0.15) is 5.73 Å². The Hall–Kier alpha value is -1.29. The molecule has 1 aromatic carbocycles. The van der Waals surface area contributed by atoms with Crippen LogP contribution < -0.4 is 0 Å². The van der Waals surface area contributed by atoms with Gasteiger partial charge >= 0.3 is 6.09 Å². The van der Waals surface area contributed by atoms with Gasteiger partial charge in [-0.15, -0.1) is 0 Å². The van der Waals surface area contributed by atoms with Crippen molar-refractivity contribution in [1.29, 1.82) is 0 Å². The van der Waals surface area contributed by atoms with E-state index in [1.54, 1.807) is 4.90 Å². The van der Waals surface area contributed by atoms with Crippen molar-refractivity contribution in [3.63, 3.8) is 0 Å². The first kappa shape index (κ1) is 15.8. The van der Waals surface area contributed by atoms with E-state index in [4.69, 9.17) is 4.74 Å². The number of rotatable bonds is 5. The molecule has 0 spiro atoms. The monoisotopic (exact) mass is 279 g/mol. The second kappa shape index (κ2) is 6.75. The van der Waals surface area contributed by atoms with Crippen LogP contribution in [0.15, 0.2) is 30.3 Å². The van der Waals surface area contributed by atoms with Crippen LogP contribution in [0.1, 0.15) is 25.1 Å². The van der Waals surface area contributed by atoms with Gasteiger partial charge in [0.05, 0.1) is 8.07 Å². The van der Waals surface area contributed by atoms with Crippen molar-refractivity contribution in [1.82, 2.24) is 4.90 Å². The van der Waals surface area contributed by atoms with Crippen LogP contribution >= 0.6 is 0 Å². The van der Waals surface area contributed by atoms with Crippen LogP contribution in [0.4, 0.5) is 4.79 Å². The van der Waals surface area contributed by atoms with Crippen LogP contribution in [-0.4, -0.2) is 32.2 Å². The topological polar surface area (TPSA) is 29.5 Å². The molecule has 1 aromatic rings. The van der Waals surface area contributed by atoms with Crippen LogP contribution in [0, 0.1) is 0 Å². The molecule has 0 saturated carbocycles. The zero-order valence-electron chi connectivity index (χ0n) is 12.6. The number of benzene rings is 1. The smallest absolute Gasteiger partial charge is 0.410 e. The molecule has 0 aliphatic carbocycles. The summed E-state index contributed by atoms with van der Waals surface area (Å²) in [5, 5.41) is 0. The van der Waals surface area contributed by atoms with Gasteiger partial charge in [0.25, 0.3) is 0 Å². The minimum Gasteiger partial charge on any atom is -0.445 e. The lowest BCUT2D eigenvalue weighted by Crippen LogP contribution is -2.39. The fourth-order valence-corrected chi connectivity index (χ4v) is 3.68. The highest BCUT2D eigenvalue weighted by atomic mass is 28.3. The molecule has 0 aromatic heterocycles. The van der Waals surface area contributed by atoms with E-state index in [9.17, 15) is 4.79 Å². The summed E-state index contributed by atoms with van der Waals surface area (Å²) < 4.78 is 5.79. The Balaban J connectivity index is 2.92. The quantitative estimate of drug-likeness (QED) is 0.760. The molecular weight excluding hydrogens is 254 g/mol. The van der Waals surface area contributed by atoms with Gasteiger partial charge < -0.3 is 9.64 Å². The molecule has 106 valence electrons. The van der Waals surface area contributed by atoms with E-state index in [0.29, 0.717) is 13.1 Å². The second-order valence-corrected chi connectivity index (χ2v) is 11.0. The molecule has 0 saturated heterocycles. The van der Waals surface area contributed by atoms with Gasteiger partial charge in [0.15, 0.2) is 0 Å². The Morgan fingerprint density at radius 2 is 1.68 bits per heavy atom. The largest absolute Gasteiger partial charge is 0.445 e. The van der Waals surface area contributed by atoms with Crippen molar-refractivity contribution in [2.45, 2.75) is 39.2 Å². The first-order valence-corrected chi connectivity index (χ1v) is 10.5. The van der Waals surface area contributed by atoms with E-state index in [-0.39, 0.29) is 11.8 Å². The van der Waals surface area contributed by atoms with Crippen LogP contribution in [0.25, 0.3) is 0 Å². The number of carbonyl (C=O) groups excluding carboxylic acids is 1. The van der Waals surface area contributed by atoms with Gasteiger partial charge in [-0.1, -0.05) is 50.0 Å². The third-order valence-electron chi connectivity index (χ3n) is 3.13. The van der Waals surface area contributed by atoms with Crippen LogP contribution in [0.2, 0.25) is 19.6 Å². The maximum Gasteiger partial charge on any atom is 0.410 e. The molecule has 1 amide bonds. The summed E-state index contributed by atoms with van der Waals surface area (Å²) in [6, 6.07) is 10.1. The van der Waals surface area contributed by atoms with Gasteiger partial charge in [-0.3, -0.25) is 0 Å². The maximum absolute atomic E-state index is 12.2. The molecule has 0 fully saturated rings. The molecule has 0 N–H and O–H groups in total. The molecule has 0 bridgehead atoms. The molecule has 1 atom stereocenters. The fourth-order valence-electron chi connectivity index (χ4n) is 2.03. The van der Waals surface area contributed by atoms with Crippen molar-refractivity contribution in [3.05, 3.63) is 35.9 Å². The Labute approximate surface area is 117 Å². The number of hydrogen-bond acceptors (Lipinski definition) is 2. The minimum atomic E-state index is -1.63. The summed E-state index contributed by atoms with van der Waals surface area (Å²) in [7, 11) is -1.63. The van der Waals surface area contributed by atoms with E-state index in [1.165, 1.54) is 0 Å². The Morgan fingerprint density at radius 3 is 2.11 bits per heavy atom. The standard InChI is InChI=1S/C15H25NO2Si/c1-6-16(7-2)15(17)18-14(19(3,4)5)13-11-9-8-10-12-13/h8-12,14H,6-7H2,1-5H3. The molecule has 4 heteroatoms. The van der Waals surface area contributed by atoms with Crippen molar-refractivity contribution < 1.29 is 9.53 Å². The van der Waals surface area contributed by atoms with E-state index in [1.807, 2.05) is 44.2 Å². The summed E-state index contributed by atoms with van der Waals surface area (Å²) in [6.07, 6.45) is -0.207. The Kier molecular flexibility index (Phi) is 5.60. The third-order valence-corrected chi connectivity index (χ3v) is 5.15. The lowest BCUT2D eigenvalue weighted by Gasteiger charge is -2.31. The minimum absolute atomic E-state index is 0.0956. The Morgan fingerprint density at radius 1 is 1.16 bits per heavy atom. The van der Waals surface area contributed by atoms with Gasteiger partial charge in [-0.05, 0) is 19.4 Å². The highest BCUT2D eigenvalue weighted by Gasteiger charge is 2.32. The summed E-state index contributed by atoms with van der Waals surface area (Å²) >= 11 is 0. The van der Waals surface area contributed by atoms with E-state index in [0.717, 1.165) is 5.56 Å². The summed E-state index contributed by atoms with van der Waals surface area (Å²) in [4.78, 5) is 13.9. The SMILES string of the molecule is CCN(CC)C(=O)OC(c1ccccc1)[Si](C)(C)C. The molecule has 1 unspecified atom stereocenters. The lowest BCUT2D eigenvalue weighted by molar-refractivity contribution is 0.0904. The highest BCUT2D eigenvalue weighted by molar-refractivity contribution is 6.77. The molecule has 0 heterocycles. The molecule has 0 aliphatic rings. The number of amides is 1. The molecule has 3 nitrogen and oxygen atoms in total. The van der Waals surface area contributed by atoms with Gasteiger partial charge in [0.2, 0.25) is 0 Å². The number of carbonyl (C=O) groups is 1. The molecule has 0 radical (unpaired) electrons. The van der Waals surface area contributed by atoms with E-state index in [2.05, 4.69) is 19.6 Å². The van der Waals surface area contributed by atoms with Crippen LogP contribution in [-0.2, 0) is 4.74 Å². The fraction of sp³-hybridized carbons (Fsp3) is 0.533. The molecular formula is C15H25NO2Si. The number of nitrogens with zero attached hydrogens (tertiary/aromatic N) is 1. The predicted molar refractivity (Wildman–Crippen MR) is 81.9 cm³/mol. The van der Waals surface area contributed by atoms with Crippen LogP contribution in [0.3, 0.4) is 0 Å². The summed E-state index contributed by atoms with van der Waals surface area (Å²) in [6.45, 7) is 12.0. The van der Waals surface area contributed by atoms with E-state index >= 15 is 0 Å². The normalized spacial score (nSPS) is 12.9. The van der Waals surface area contributed by atoms with Gasteiger partial charge in [-0.25, -0.2) is 4.79 Å². The predicted octanol–water partition coefficient (Wildman–Crippen LogP) is 4.08. The summed E-state index contributed by atoms with van der Waals surface area (Å²) in [5.74, 6) is 0. The zero-order valence-corrected chi connectivity index (χ0v) is 13.6. The number of hydrogen-bond donors (Lipinski definition) is 0. The van der Waals surface area contributed by atoms with Gasteiger partial charge in [0, 0.05) is 13.1 Å². The van der Waals surface area contributed by atoms with Crippen molar-refractivity contribution in [2.75, 3.05) is 13.1 Å². The highest BCUT2D eigenvalue weighted by Crippen LogP contribution is 2.28. The molecule has 1 rings (SSSR count). The summed E-state index contributed by atoms with van der Waals surface area (Å²) in [5.41, 5.74) is 1.00. The van der Waals surface area contributed by atoms with Gasteiger partial charge in [-0.2, -0.15) is 0 Å². The first-order chi connectivity index (χ1) is 8.90. The second-order valence-electron chi connectivity index (χ2n) is 5.71. The lowest BCUT2D eigenvalue weighted by atomic mass is 10.2. The first-order valence-electron chi connectivity index (χ1n) is 6.90. The van der Waals surface area contributed by atoms with Crippen molar-refractivity contribution in [3.8, 4) is 0 Å². The molecule has 0 aliphatic heterocycles. The molecule has 19 heavy (non-hydrogen) atoms. The third kappa shape index (κ3) is 4.38. The van der Waals surface area contributed by atoms with Crippen molar-refractivity contribution >= 4 is 14.2 Å². The zero-order chi connectivity index (χ0) is 14.5.